The number of benzene rings is 1. The van der Waals surface area contributed by atoms with Gasteiger partial charge in [-0.2, -0.15) is 0 Å². The normalized spacial score (nSPS) is 10.6. The van der Waals surface area contributed by atoms with E-state index in [1.54, 1.807) is 0 Å². The summed E-state index contributed by atoms with van der Waals surface area (Å²) in [5.41, 5.74) is 1.87. The van der Waals surface area contributed by atoms with E-state index in [-0.39, 0.29) is 12.1 Å². The van der Waals surface area contributed by atoms with E-state index >= 15 is 0 Å². The molecule has 0 aliphatic carbocycles. The Labute approximate surface area is 123 Å². The molecule has 1 aromatic carbocycles. The second-order valence-electron chi connectivity index (χ2n) is 4.62. The monoisotopic (exact) mass is 328 g/mol. The van der Waals surface area contributed by atoms with Gasteiger partial charge in [-0.25, -0.2) is 4.79 Å². The average Bonchev–Trinajstić information content (AvgIpc) is 2.33. The van der Waals surface area contributed by atoms with Gasteiger partial charge in [0.2, 0.25) is 0 Å². The average molecular weight is 329 g/mol. The second kappa shape index (κ2) is 8.17. The number of aryl methyl sites for hydroxylation is 1. The summed E-state index contributed by atoms with van der Waals surface area (Å²) in [7, 11) is 0. The number of halogens is 1. The van der Waals surface area contributed by atoms with E-state index in [2.05, 4.69) is 26.6 Å². The summed E-state index contributed by atoms with van der Waals surface area (Å²) in [5, 5.41) is 5.60. The number of carbonyl (C=O) groups excluding carboxylic acids is 1. The molecular weight excluding hydrogens is 308 g/mol. The van der Waals surface area contributed by atoms with Gasteiger partial charge in [-0.3, -0.25) is 0 Å². The SMILES string of the molecule is Cc1cc(NC(=O)NCCCOC(C)C)ccc1Br. The van der Waals surface area contributed by atoms with Crippen LogP contribution in [0.3, 0.4) is 0 Å². The Balaban J connectivity index is 2.25. The maximum atomic E-state index is 11.6. The van der Waals surface area contributed by atoms with Gasteiger partial charge < -0.3 is 15.4 Å². The maximum absolute atomic E-state index is 11.6. The molecule has 0 saturated heterocycles. The Morgan fingerprint density at radius 2 is 2.16 bits per heavy atom. The standard InChI is InChI=1S/C14H21BrN2O2/c1-10(2)19-8-4-7-16-14(18)17-12-5-6-13(15)11(3)9-12/h5-6,9-10H,4,7-8H2,1-3H3,(H2,16,17,18). The van der Waals surface area contributed by atoms with Gasteiger partial charge in [0.05, 0.1) is 6.10 Å². The molecule has 19 heavy (non-hydrogen) atoms. The van der Waals surface area contributed by atoms with Gasteiger partial charge in [-0.15, -0.1) is 0 Å². The Bertz CT molecular complexity index is 422. The molecule has 0 atom stereocenters. The quantitative estimate of drug-likeness (QED) is 0.782. The molecule has 0 aliphatic rings. The molecule has 2 N–H and O–H groups in total. The zero-order chi connectivity index (χ0) is 14.3. The Morgan fingerprint density at radius 3 is 2.79 bits per heavy atom. The molecule has 0 aromatic heterocycles. The maximum Gasteiger partial charge on any atom is 0.319 e. The summed E-state index contributed by atoms with van der Waals surface area (Å²) in [6.07, 6.45) is 1.05. The van der Waals surface area contributed by atoms with Crippen molar-refractivity contribution in [1.29, 1.82) is 0 Å². The number of hydrogen-bond acceptors (Lipinski definition) is 2. The highest BCUT2D eigenvalue weighted by Gasteiger charge is 2.02. The second-order valence-corrected chi connectivity index (χ2v) is 5.47. The summed E-state index contributed by atoms with van der Waals surface area (Å²) in [6.45, 7) is 7.24. The molecule has 0 fully saturated rings. The number of urea groups is 1. The van der Waals surface area contributed by atoms with Crippen LogP contribution in [0, 0.1) is 6.92 Å². The van der Waals surface area contributed by atoms with Crippen LogP contribution in [-0.4, -0.2) is 25.3 Å². The number of nitrogens with one attached hydrogen (secondary N) is 2. The fourth-order valence-corrected chi connectivity index (χ4v) is 1.74. The summed E-state index contributed by atoms with van der Waals surface area (Å²) in [6, 6.07) is 5.51. The van der Waals surface area contributed by atoms with Gasteiger partial charge in [0, 0.05) is 23.3 Å². The van der Waals surface area contributed by atoms with E-state index in [1.165, 1.54) is 0 Å². The van der Waals surface area contributed by atoms with Crippen LogP contribution in [0.15, 0.2) is 22.7 Å². The summed E-state index contributed by atoms with van der Waals surface area (Å²) < 4.78 is 6.43. The van der Waals surface area contributed by atoms with E-state index in [0.717, 1.165) is 22.1 Å². The van der Waals surface area contributed by atoms with Crippen LogP contribution in [0.5, 0.6) is 0 Å². The van der Waals surface area contributed by atoms with Crippen molar-refractivity contribution in [3.05, 3.63) is 28.2 Å². The van der Waals surface area contributed by atoms with Crippen LogP contribution in [-0.2, 0) is 4.74 Å². The lowest BCUT2D eigenvalue weighted by Crippen LogP contribution is -2.30. The summed E-state index contributed by atoms with van der Waals surface area (Å²) in [4.78, 5) is 11.6. The Hall–Kier alpha value is -1.07. The number of hydrogen-bond donors (Lipinski definition) is 2. The van der Waals surface area contributed by atoms with Crippen molar-refractivity contribution in [1.82, 2.24) is 5.32 Å². The Kier molecular flexibility index (Phi) is 6.87. The lowest BCUT2D eigenvalue weighted by molar-refractivity contribution is 0.0775. The highest BCUT2D eigenvalue weighted by molar-refractivity contribution is 9.10. The molecule has 0 aliphatic heterocycles. The van der Waals surface area contributed by atoms with E-state index < -0.39 is 0 Å². The topological polar surface area (TPSA) is 50.4 Å². The van der Waals surface area contributed by atoms with Crippen molar-refractivity contribution in [2.45, 2.75) is 33.3 Å². The molecular formula is C14H21BrN2O2. The molecule has 1 rings (SSSR count). The molecule has 106 valence electrons. The predicted molar refractivity (Wildman–Crippen MR) is 81.6 cm³/mol. The van der Waals surface area contributed by atoms with E-state index in [0.29, 0.717) is 13.2 Å². The first-order valence-electron chi connectivity index (χ1n) is 6.41. The van der Waals surface area contributed by atoms with E-state index in [1.807, 2.05) is 39.0 Å². The van der Waals surface area contributed by atoms with Crippen molar-refractivity contribution in [3.8, 4) is 0 Å². The minimum Gasteiger partial charge on any atom is -0.379 e. The third kappa shape index (κ3) is 6.59. The molecule has 5 heteroatoms. The van der Waals surface area contributed by atoms with Gasteiger partial charge in [0.1, 0.15) is 0 Å². The van der Waals surface area contributed by atoms with Gasteiger partial charge in [-0.1, -0.05) is 15.9 Å². The van der Waals surface area contributed by atoms with Crippen LogP contribution in [0.1, 0.15) is 25.8 Å². The Morgan fingerprint density at radius 1 is 1.42 bits per heavy atom. The van der Waals surface area contributed by atoms with E-state index in [9.17, 15) is 4.79 Å². The summed E-state index contributed by atoms with van der Waals surface area (Å²) in [5.74, 6) is 0. The van der Waals surface area contributed by atoms with Crippen LogP contribution < -0.4 is 10.6 Å². The van der Waals surface area contributed by atoms with Crippen molar-refractivity contribution < 1.29 is 9.53 Å². The van der Waals surface area contributed by atoms with Crippen LogP contribution in [0.2, 0.25) is 0 Å². The molecule has 4 nitrogen and oxygen atoms in total. The number of rotatable bonds is 6. The molecule has 0 unspecified atom stereocenters. The molecule has 2 amide bonds. The van der Waals surface area contributed by atoms with Gasteiger partial charge >= 0.3 is 6.03 Å². The van der Waals surface area contributed by atoms with Crippen LogP contribution in [0.4, 0.5) is 10.5 Å². The van der Waals surface area contributed by atoms with Crippen molar-refractivity contribution >= 4 is 27.6 Å². The van der Waals surface area contributed by atoms with Gasteiger partial charge in [-0.05, 0) is 51.0 Å². The predicted octanol–water partition coefficient (Wildman–Crippen LogP) is 3.69. The highest BCUT2D eigenvalue weighted by Crippen LogP contribution is 2.19. The first-order chi connectivity index (χ1) is 8.99. The third-order valence-corrected chi connectivity index (χ3v) is 3.36. The highest BCUT2D eigenvalue weighted by atomic mass is 79.9. The van der Waals surface area contributed by atoms with Crippen molar-refractivity contribution in [2.24, 2.45) is 0 Å². The minimum atomic E-state index is -0.189. The van der Waals surface area contributed by atoms with Crippen LogP contribution >= 0.6 is 15.9 Å². The number of carbonyl (C=O) groups is 1. The number of anilines is 1. The van der Waals surface area contributed by atoms with Gasteiger partial charge in [0.15, 0.2) is 0 Å². The lowest BCUT2D eigenvalue weighted by atomic mass is 10.2. The van der Waals surface area contributed by atoms with Crippen molar-refractivity contribution in [3.63, 3.8) is 0 Å². The van der Waals surface area contributed by atoms with Gasteiger partial charge in [0.25, 0.3) is 0 Å². The van der Waals surface area contributed by atoms with Crippen molar-refractivity contribution in [2.75, 3.05) is 18.5 Å². The fourth-order valence-electron chi connectivity index (χ4n) is 1.49. The smallest absolute Gasteiger partial charge is 0.319 e. The molecule has 0 saturated carbocycles. The third-order valence-electron chi connectivity index (χ3n) is 2.47. The minimum absolute atomic E-state index is 0.189. The fraction of sp³-hybridized carbons (Fsp3) is 0.500. The first kappa shape index (κ1) is 16.0. The number of amides is 2. The summed E-state index contributed by atoms with van der Waals surface area (Å²) >= 11 is 3.42. The zero-order valence-corrected chi connectivity index (χ0v) is 13.2. The zero-order valence-electron chi connectivity index (χ0n) is 11.6. The molecule has 1 aromatic rings. The molecule has 0 spiro atoms. The van der Waals surface area contributed by atoms with E-state index in [4.69, 9.17) is 4.74 Å². The molecule has 0 heterocycles. The molecule has 0 radical (unpaired) electrons. The lowest BCUT2D eigenvalue weighted by Gasteiger charge is -2.10. The largest absolute Gasteiger partial charge is 0.379 e. The number of ether oxygens (including phenoxy) is 1. The first-order valence-corrected chi connectivity index (χ1v) is 7.21. The molecule has 0 bridgehead atoms. The van der Waals surface area contributed by atoms with Crippen LogP contribution in [0.25, 0.3) is 0 Å².